The van der Waals surface area contributed by atoms with Crippen molar-refractivity contribution in [1.82, 2.24) is 0 Å². The maximum atomic E-state index is 6.14. The van der Waals surface area contributed by atoms with Crippen LogP contribution < -0.4 is 8.97 Å². The first-order valence-electron chi connectivity index (χ1n) is 8.36. The monoisotopic (exact) mass is 469 g/mol. The molecule has 0 N–H and O–H groups in total. The molecule has 24 heavy (non-hydrogen) atoms. The second kappa shape index (κ2) is 7.62. The Morgan fingerprint density at radius 1 is 0.833 bits per heavy atom. The summed E-state index contributed by atoms with van der Waals surface area (Å²) >= 11 is 2.46. The number of ether oxygens (including phenoxy) is 1. The second-order valence-electron chi connectivity index (χ2n) is 8.04. The van der Waals surface area contributed by atoms with Crippen LogP contribution in [0.25, 0.3) is 0 Å². The molecule has 0 fully saturated rings. The van der Waals surface area contributed by atoms with Crippen molar-refractivity contribution in [2.24, 2.45) is 0 Å². The van der Waals surface area contributed by atoms with Crippen LogP contribution in [0, 0.1) is 3.57 Å². The summed E-state index contributed by atoms with van der Waals surface area (Å²) in [5.41, 5.74) is 2.55. The number of hydrogen-bond acceptors (Lipinski definition) is 2. The summed E-state index contributed by atoms with van der Waals surface area (Å²) in [7, 11) is -2.94. The maximum absolute atomic E-state index is 6.14. The van der Waals surface area contributed by atoms with Crippen molar-refractivity contribution in [3.8, 4) is 5.75 Å². The molecule has 0 radical (unpaired) electrons. The normalized spacial score (nSPS) is 12.1. The molecule has 0 bridgehead atoms. The Labute approximate surface area is 162 Å². The van der Waals surface area contributed by atoms with E-state index >= 15 is 0 Å². The summed E-state index contributed by atoms with van der Waals surface area (Å²) in [6.07, 6.45) is 0. The fourth-order valence-corrected chi connectivity index (χ4v) is 14.3. The van der Waals surface area contributed by atoms with Gasteiger partial charge in [-0.1, -0.05) is 75.7 Å². The molecule has 2 nitrogen and oxygen atoms in total. The lowest BCUT2D eigenvalue weighted by molar-refractivity contribution is 0.304. The van der Waals surface area contributed by atoms with Gasteiger partial charge in [-0.05, 0) is 40.3 Å². The average Bonchev–Trinajstić information content (AvgIpc) is 2.46. The lowest BCUT2D eigenvalue weighted by Gasteiger charge is -2.46. The number of nitrogens with zero attached hydrogens (tertiary/aromatic N) is 1. The topological polar surface area (TPSA) is 12.5 Å². The van der Waals surface area contributed by atoms with E-state index in [1.165, 1.54) is 14.8 Å². The number of hydrogen-bond donors (Lipinski definition) is 0. The van der Waals surface area contributed by atoms with Crippen molar-refractivity contribution in [2.45, 2.75) is 45.9 Å². The highest BCUT2D eigenvalue weighted by Crippen LogP contribution is 2.36. The van der Waals surface area contributed by atoms with Crippen LogP contribution in [0.3, 0.4) is 0 Å². The summed E-state index contributed by atoms with van der Waals surface area (Å²) in [6, 6.07) is 16.8. The zero-order chi connectivity index (χ0) is 18.0. The SMILES string of the molecule is C[Si](C)(C)N(c1cccc(OCc2ccccc2)c1I)[Si](C)(C)C. The van der Waals surface area contributed by atoms with E-state index in [1.807, 2.05) is 6.07 Å². The van der Waals surface area contributed by atoms with Gasteiger partial charge < -0.3 is 8.97 Å². The predicted molar refractivity (Wildman–Crippen MR) is 119 cm³/mol. The van der Waals surface area contributed by atoms with Crippen molar-refractivity contribution in [1.29, 1.82) is 0 Å². The van der Waals surface area contributed by atoms with Gasteiger partial charge in [0.25, 0.3) is 0 Å². The molecule has 0 saturated heterocycles. The molecule has 2 aromatic rings. The van der Waals surface area contributed by atoms with Crippen LogP contribution in [0.4, 0.5) is 5.69 Å². The molecule has 0 spiro atoms. The van der Waals surface area contributed by atoms with Crippen molar-refractivity contribution in [2.75, 3.05) is 4.23 Å². The minimum Gasteiger partial charge on any atom is -0.488 e. The first-order valence-corrected chi connectivity index (χ1v) is 16.3. The zero-order valence-electron chi connectivity index (χ0n) is 15.6. The fraction of sp³-hybridized carbons (Fsp3) is 0.368. The van der Waals surface area contributed by atoms with Gasteiger partial charge in [0.15, 0.2) is 0 Å². The summed E-state index contributed by atoms with van der Waals surface area (Å²) in [5.74, 6) is 0.985. The van der Waals surface area contributed by atoms with Crippen molar-refractivity contribution < 1.29 is 4.74 Å². The highest BCUT2D eigenvalue weighted by atomic mass is 127. The van der Waals surface area contributed by atoms with Crippen LogP contribution >= 0.6 is 22.6 Å². The summed E-state index contributed by atoms with van der Waals surface area (Å²) in [5, 5.41) is 0. The number of anilines is 1. The number of benzene rings is 2. The van der Waals surface area contributed by atoms with Gasteiger partial charge in [-0.15, -0.1) is 0 Å². The van der Waals surface area contributed by atoms with E-state index in [4.69, 9.17) is 4.74 Å². The van der Waals surface area contributed by atoms with Gasteiger partial charge in [-0.25, -0.2) is 0 Å². The van der Waals surface area contributed by atoms with Crippen LogP contribution in [0.1, 0.15) is 5.56 Å². The highest BCUT2D eigenvalue weighted by molar-refractivity contribution is 14.1. The largest absolute Gasteiger partial charge is 0.488 e. The first-order chi connectivity index (χ1) is 11.1. The Morgan fingerprint density at radius 2 is 1.42 bits per heavy atom. The number of halogens is 1. The summed E-state index contributed by atoms with van der Waals surface area (Å²) in [6.45, 7) is 15.2. The van der Waals surface area contributed by atoms with E-state index < -0.39 is 16.5 Å². The molecule has 0 saturated carbocycles. The summed E-state index contributed by atoms with van der Waals surface area (Å²) < 4.78 is 10.1. The molecular weight excluding hydrogens is 441 g/mol. The van der Waals surface area contributed by atoms with Crippen LogP contribution in [0.5, 0.6) is 5.75 Å². The Bertz CT molecular complexity index is 664. The van der Waals surface area contributed by atoms with E-state index in [0.717, 1.165) is 5.75 Å². The van der Waals surface area contributed by atoms with Gasteiger partial charge in [-0.3, -0.25) is 0 Å². The molecule has 2 rings (SSSR count). The Kier molecular flexibility index (Phi) is 6.20. The molecule has 0 heterocycles. The zero-order valence-corrected chi connectivity index (χ0v) is 19.7. The lowest BCUT2D eigenvalue weighted by Crippen LogP contribution is -2.59. The summed E-state index contributed by atoms with van der Waals surface area (Å²) in [4.78, 5) is 0. The minimum atomic E-state index is -1.47. The molecule has 0 aliphatic rings. The molecule has 0 atom stereocenters. The van der Waals surface area contributed by atoms with E-state index in [1.54, 1.807) is 0 Å². The van der Waals surface area contributed by atoms with Crippen molar-refractivity contribution in [3.05, 3.63) is 57.7 Å². The molecule has 5 heteroatoms. The quantitative estimate of drug-likeness (QED) is 0.361. The molecule has 0 amide bonds. The number of rotatable bonds is 6. The lowest BCUT2D eigenvalue weighted by atomic mass is 10.2. The van der Waals surface area contributed by atoms with E-state index in [2.05, 4.69) is 109 Å². The predicted octanol–water partition coefficient (Wildman–Crippen LogP) is 6.35. The Morgan fingerprint density at radius 3 is 1.96 bits per heavy atom. The third kappa shape index (κ3) is 4.86. The van der Waals surface area contributed by atoms with E-state index in [-0.39, 0.29) is 0 Å². The van der Waals surface area contributed by atoms with Gasteiger partial charge in [-0.2, -0.15) is 0 Å². The molecule has 0 aromatic heterocycles. The van der Waals surface area contributed by atoms with Gasteiger partial charge >= 0.3 is 0 Å². The molecular formula is C19H28INOSi2. The third-order valence-corrected chi connectivity index (χ3v) is 12.0. The van der Waals surface area contributed by atoms with Crippen molar-refractivity contribution in [3.63, 3.8) is 0 Å². The Balaban J connectivity index is 2.33. The minimum absolute atomic E-state index is 0.611. The van der Waals surface area contributed by atoms with Gasteiger partial charge in [0.1, 0.15) is 28.8 Å². The van der Waals surface area contributed by atoms with Crippen molar-refractivity contribution >= 4 is 44.7 Å². The molecule has 0 unspecified atom stereocenters. The Hall–Kier alpha value is -0.796. The fourth-order valence-electron chi connectivity index (χ4n) is 3.25. The third-order valence-electron chi connectivity index (χ3n) is 3.76. The van der Waals surface area contributed by atoms with Gasteiger partial charge in [0, 0.05) is 5.69 Å². The van der Waals surface area contributed by atoms with Crippen LogP contribution in [-0.4, -0.2) is 16.5 Å². The first kappa shape index (κ1) is 19.5. The molecule has 0 aliphatic heterocycles. The van der Waals surface area contributed by atoms with E-state index in [9.17, 15) is 0 Å². The van der Waals surface area contributed by atoms with Gasteiger partial charge in [0.05, 0.1) is 3.57 Å². The second-order valence-corrected chi connectivity index (χ2v) is 19.1. The van der Waals surface area contributed by atoms with E-state index in [0.29, 0.717) is 6.61 Å². The molecule has 130 valence electrons. The average molecular weight is 470 g/mol. The standard InChI is InChI=1S/C19H28INOSi2/c1-23(2,3)21(24(4,5)6)17-13-10-14-18(19(17)20)22-15-16-11-8-7-9-12-16/h7-14H,15H2,1-6H3. The maximum Gasteiger partial charge on any atom is 0.138 e. The highest BCUT2D eigenvalue weighted by Gasteiger charge is 2.36. The van der Waals surface area contributed by atoms with Crippen LogP contribution in [-0.2, 0) is 6.61 Å². The van der Waals surface area contributed by atoms with Crippen LogP contribution in [0.2, 0.25) is 39.3 Å². The molecule has 2 aromatic carbocycles. The smallest absolute Gasteiger partial charge is 0.138 e. The van der Waals surface area contributed by atoms with Crippen LogP contribution in [0.15, 0.2) is 48.5 Å². The molecule has 0 aliphatic carbocycles. The van der Waals surface area contributed by atoms with Gasteiger partial charge in [0.2, 0.25) is 0 Å².